The lowest BCUT2D eigenvalue weighted by Crippen LogP contribution is -2.47. The van der Waals surface area contributed by atoms with Crippen LogP contribution in [0.4, 0.5) is 17.5 Å². The molecule has 1 fully saturated rings. The van der Waals surface area contributed by atoms with Crippen LogP contribution in [0.2, 0.25) is 0 Å². The topological polar surface area (TPSA) is 53.5 Å². The van der Waals surface area contributed by atoms with Crippen LogP contribution in [0.15, 0.2) is 36.5 Å². The summed E-state index contributed by atoms with van der Waals surface area (Å²) in [4.78, 5) is 13.8. The molecule has 0 radical (unpaired) electrons. The Morgan fingerprint density at radius 2 is 1.76 bits per heavy atom. The van der Waals surface area contributed by atoms with Crippen molar-refractivity contribution in [1.29, 1.82) is 0 Å². The molecule has 0 saturated carbocycles. The van der Waals surface area contributed by atoms with Gasteiger partial charge in [-0.15, -0.1) is 0 Å². The fourth-order valence-corrected chi connectivity index (χ4v) is 2.95. The molecular weight excluding hydrogens is 314 g/mol. The van der Waals surface area contributed by atoms with E-state index in [-0.39, 0.29) is 0 Å². The summed E-state index contributed by atoms with van der Waals surface area (Å²) in [7, 11) is 1.69. The largest absolute Gasteiger partial charge is 0.497 e. The minimum atomic E-state index is 0.816. The van der Waals surface area contributed by atoms with E-state index in [1.54, 1.807) is 7.11 Å². The maximum Gasteiger partial charge on any atom is 0.227 e. The van der Waals surface area contributed by atoms with E-state index in [1.165, 1.54) is 12.1 Å². The molecular formula is C19H27N5O. The van der Waals surface area contributed by atoms with Gasteiger partial charge in [0.1, 0.15) is 11.6 Å². The number of aromatic nitrogens is 2. The highest BCUT2D eigenvalue weighted by Gasteiger charge is 2.19. The normalized spacial score (nSPS) is 14.5. The van der Waals surface area contributed by atoms with Crippen LogP contribution in [0.5, 0.6) is 5.75 Å². The van der Waals surface area contributed by atoms with E-state index >= 15 is 0 Å². The summed E-state index contributed by atoms with van der Waals surface area (Å²) in [6.45, 7) is 6.91. The predicted octanol–water partition coefficient (Wildman–Crippen LogP) is 3.02. The molecule has 2 heterocycles. The minimum absolute atomic E-state index is 0.816. The fraction of sp³-hybridized carbons (Fsp3) is 0.474. The number of hydrogen-bond acceptors (Lipinski definition) is 6. The number of hydrogen-bond donors (Lipinski definition) is 1. The molecule has 0 bridgehead atoms. The van der Waals surface area contributed by atoms with Crippen LogP contribution in [0, 0.1) is 0 Å². The molecule has 0 amide bonds. The number of ether oxygens (including phenoxy) is 1. The van der Waals surface area contributed by atoms with Crippen molar-refractivity contribution in [2.24, 2.45) is 0 Å². The molecule has 3 rings (SSSR count). The summed E-state index contributed by atoms with van der Waals surface area (Å²) in [5, 5.41) is 3.37. The molecule has 2 aromatic rings. The number of piperazine rings is 1. The maximum absolute atomic E-state index is 5.23. The number of anilines is 3. The zero-order valence-corrected chi connectivity index (χ0v) is 15.1. The highest BCUT2D eigenvalue weighted by Crippen LogP contribution is 2.21. The number of nitrogens with zero attached hydrogens (tertiary/aromatic N) is 4. The summed E-state index contributed by atoms with van der Waals surface area (Å²) < 4.78 is 5.23. The van der Waals surface area contributed by atoms with Crippen molar-refractivity contribution in [3.63, 3.8) is 0 Å². The van der Waals surface area contributed by atoms with Gasteiger partial charge in [0.15, 0.2) is 0 Å². The van der Waals surface area contributed by atoms with E-state index in [0.717, 1.165) is 56.7 Å². The third-order valence-corrected chi connectivity index (χ3v) is 4.48. The third-order valence-electron chi connectivity index (χ3n) is 4.48. The quantitative estimate of drug-likeness (QED) is 0.781. The standard InChI is InChI=1S/C19H27N5O/c1-3-4-10-20-18-9-11-21-19(22-18)24-14-12-23(13-15-24)16-5-7-17(25-2)8-6-16/h5-9,11H,3-4,10,12-15H2,1-2H3,(H,20,21,22). The molecule has 6 heteroatoms. The molecule has 1 aromatic carbocycles. The Hall–Kier alpha value is -2.50. The van der Waals surface area contributed by atoms with Crippen molar-refractivity contribution in [2.45, 2.75) is 19.8 Å². The molecule has 1 aliphatic heterocycles. The lowest BCUT2D eigenvalue weighted by molar-refractivity contribution is 0.415. The van der Waals surface area contributed by atoms with Crippen molar-refractivity contribution < 1.29 is 4.74 Å². The van der Waals surface area contributed by atoms with Gasteiger partial charge in [-0.2, -0.15) is 4.98 Å². The fourth-order valence-electron chi connectivity index (χ4n) is 2.95. The number of nitrogens with one attached hydrogen (secondary N) is 1. The highest BCUT2D eigenvalue weighted by molar-refractivity contribution is 5.51. The van der Waals surface area contributed by atoms with Crippen LogP contribution in [-0.4, -0.2) is 49.8 Å². The Morgan fingerprint density at radius 1 is 1.04 bits per heavy atom. The van der Waals surface area contributed by atoms with Crippen molar-refractivity contribution in [2.75, 3.05) is 55.0 Å². The van der Waals surface area contributed by atoms with E-state index in [2.05, 4.69) is 44.1 Å². The van der Waals surface area contributed by atoms with E-state index < -0.39 is 0 Å². The molecule has 0 aliphatic carbocycles. The second-order valence-electron chi connectivity index (χ2n) is 6.19. The van der Waals surface area contributed by atoms with Gasteiger partial charge in [-0.3, -0.25) is 0 Å². The number of unbranched alkanes of at least 4 members (excludes halogenated alkanes) is 1. The van der Waals surface area contributed by atoms with Gasteiger partial charge in [0, 0.05) is 44.6 Å². The number of methoxy groups -OCH3 is 1. The molecule has 0 unspecified atom stereocenters. The van der Waals surface area contributed by atoms with Crippen LogP contribution in [-0.2, 0) is 0 Å². The average molecular weight is 341 g/mol. The highest BCUT2D eigenvalue weighted by atomic mass is 16.5. The summed E-state index contributed by atoms with van der Waals surface area (Å²) in [6.07, 6.45) is 4.17. The lowest BCUT2D eigenvalue weighted by Gasteiger charge is -2.36. The SMILES string of the molecule is CCCCNc1ccnc(N2CCN(c3ccc(OC)cc3)CC2)n1. The summed E-state index contributed by atoms with van der Waals surface area (Å²) in [5.74, 6) is 2.62. The maximum atomic E-state index is 5.23. The van der Waals surface area contributed by atoms with E-state index in [4.69, 9.17) is 4.74 Å². The zero-order chi connectivity index (χ0) is 17.5. The van der Waals surface area contributed by atoms with Crippen molar-refractivity contribution in [3.05, 3.63) is 36.5 Å². The van der Waals surface area contributed by atoms with Crippen LogP contribution < -0.4 is 19.9 Å². The minimum Gasteiger partial charge on any atom is -0.497 e. The van der Waals surface area contributed by atoms with Crippen LogP contribution >= 0.6 is 0 Å². The van der Waals surface area contributed by atoms with Gasteiger partial charge in [-0.05, 0) is 36.8 Å². The molecule has 0 spiro atoms. The predicted molar refractivity (Wildman–Crippen MR) is 103 cm³/mol. The smallest absolute Gasteiger partial charge is 0.227 e. The first-order chi connectivity index (χ1) is 12.3. The van der Waals surface area contributed by atoms with E-state index in [0.29, 0.717) is 0 Å². The first-order valence-electron chi connectivity index (χ1n) is 9.01. The van der Waals surface area contributed by atoms with Crippen molar-refractivity contribution in [1.82, 2.24) is 9.97 Å². The van der Waals surface area contributed by atoms with Gasteiger partial charge in [0.25, 0.3) is 0 Å². The van der Waals surface area contributed by atoms with Crippen LogP contribution in [0.25, 0.3) is 0 Å². The van der Waals surface area contributed by atoms with Crippen LogP contribution in [0.3, 0.4) is 0 Å². The van der Waals surface area contributed by atoms with Gasteiger partial charge in [-0.1, -0.05) is 13.3 Å². The zero-order valence-electron chi connectivity index (χ0n) is 15.1. The first kappa shape index (κ1) is 17.3. The van der Waals surface area contributed by atoms with E-state index in [1.807, 2.05) is 24.4 Å². The van der Waals surface area contributed by atoms with Crippen LogP contribution in [0.1, 0.15) is 19.8 Å². The summed E-state index contributed by atoms with van der Waals surface area (Å²) in [6, 6.07) is 10.2. The second kappa shape index (κ2) is 8.55. The molecule has 0 atom stereocenters. The monoisotopic (exact) mass is 341 g/mol. The van der Waals surface area contributed by atoms with Gasteiger partial charge in [-0.25, -0.2) is 4.98 Å². The van der Waals surface area contributed by atoms with Crippen molar-refractivity contribution >= 4 is 17.5 Å². The Balaban J connectivity index is 1.57. The molecule has 134 valence electrons. The lowest BCUT2D eigenvalue weighted by atomic mass is 10.2. The van der Waals surface area contributed by atoms with Gasteiger partial charge in [0.2, 0.25) is 5.95 Å². The summed E-state index contributed by atoms with van der Waals surface area (Å²) >= 11 is 0. The number of rotatable bonds is 7. The van der Waals surface area contributed by atoms with Crippen molar-refractivity contribution in [3.8, 4) is 5.75 Å². The summed E-state index contributed by atoms with van der Waals surface area (Å²) in [5.41, 5.74) is 1.23. The Bertz CT molecular complexity index is 653. The first-order valence-corrected chi connectivity index (χ1v) is 9.01. The number of benzene rings is 1. The molecule has 1 N–H and O–H groups in total. The second-order valence-corrected chi connectivity index (χ2v) is 6.19. The molecule has 6 nitrogen and oxygen atoms in total. The Morgan fingerprint density at radius 3 is 2.44 bits per heavy atom. The molecule has 1 aromatic heterocycles. The van der Waals surface area contributed by atoms with Gasteiger partial charge >= 0.3 is 0 Å². The van der Waals surface area contributed by atoms with Gasteiger partial charge in [0.05, 0.1) is 7.11 Å². The Kier molecular flexibility index (Phi) is 5.93. The molecule has 25 heavy (non-hydrogen) atoms. The van der Waals surface area contributed by atoms with Gasteiger partial charge < -0.3 is 19.9 Å². The van der Waals surface area contributed by atoms with E-state index in [9.17, 15) is 0 Å². The average Bonchev–Trinajstić information content (AvgIpc) is 2.69. The molecule has 1 saturated heterocycles. The molecule has 1 aliphatic rings. The Labute approximate surface area is 149 Å². The third kappa shape index (κ3) is 4.53.